The second-order valence-corrected chi connectivity index (χ2v) is 3.74. The molecule has 0 aliphatic carbocycles. The maximum Gasteiger partial charge on any atom is 0.260 e. The highest BCUT2D eigenvalue weighted by atomic mass is 35.5. The molecule has 0 fully saturated rings. The van der Waals surface area contributed by atoms with Crippen molar-refractivity contribution in [3.8, 4) is 0 Å². The average molecular weight is 242 g/mol. The van der Waals surface area contributed by atoms with E-state index in [1.165, 1.54) is 0 Å². The largest absolute Gasteiger partial charge is 0.317 e. The van der Waals surface area contributed by atoms with Crippen LogP contribution in [0.15, 0.2) is 12.1 Å². The van der Waals surface area contributed by atoms with Gasteiger partial charge in [-0.1, -0.05) is 11.6 Å². The molecule has 0 bridgehead atoms. The Kier molecular flexibility index (Phi) is 3.25. The number of alkyl halides is 2. The van der Waals surface area contributed by atoms with Gasteiger partial charge in [-0.3, -0.25) is 0 Å². The Morgan fingerprint density at radius 1 is 1.27 bits per heavy atom. The molecule has 1 nitrogen and oxygen atoms in total. The van der Waals surface area contributed by atoms with Crippen LogP contribution in [0.2, 0.25) is 5.02 Å². The van der Waals surface area contributed by atoms with Gasteiger partial charge in [0.1, 0.15) is 17.2 Å². The molecule has 6 heteroatoms. The summed E-state index contributed by atoms with van der Waals surface area (Å²) in [6.45, 7) is 0.920. The molecule has 1 aromatic rings. The van der Waals surface area contributed by atoms with Crippen molar-refractivity contribution < 1.29 is 17.6 Å². The fourth-order valence-corrected chi connectivity index (χ4v) is 1.20. The minimum absolute atomic E-state index is 0.471. The highest BCUT2D eigenvalue weighted by molar-refractivity contribution is 6.30. The van der Waals surface area contributed by atoms with Gasteiger partial charge in [0, 0.05) is 5.56 Å². The number of benzene rings is 1. The Morgan fingerprint density at radius 2 is 1.80 bits per heavy atom. The van der Waals surface area contributed by atoms with Crippen LogP contribution < -0.4 is 5.73 Å². The lowest BCUT2D eigenvalue weighted by Crippen LogP contribution is -2.41. The van der Waals surface area contributed by atoms with E-state index in [1.807, 2.05) is 0 Å². The van der Waals surface area contributed by atoms with Crippen molar-refractivity contribution >= 4 is 11.6 Å². The van der Waals surface area contributed by atoms with Gasteiger partial charge in [0.05, 0.1) is 5.02 Å². The molecule has 0 aromatic heterocycles. The molecule has 0 aliphatic rings. The maximum absolute atomic E-state index is 13.2. The molecule has 0 radical (unpaired) electrons. The molecule has 0 aliphatic heterocycles. The Hall–Kier alpha value is -0.810. The predicted octanol–water partition coefficient (Wildman–Crippen LogP) is 3.06. The molecule has 1 aromatic carbocycles. The quantitative estimate of drug-likeness (QED) is 0.625. The first-order valence-corrected chi connectivity index (χ1v) is 4.36. The summed E-state index contributed by atoms with van der Waals surface area (Å²) in [4.78, 5) is 0. The number of hydrogen-bond acceptors (Lipinski definition) is 1. The summed E-state index contributed by atoms with van der Waals surface area (Å²) in [5, 5.41) is -0.471. The van der Waals surface area contributed by atoms with Crippen LogP contribution in [0.4, 0.5) is 17.6 Å². The number of nitrogens with two attached hydrogens (primary N) is 1. The average Bonchev–Trinajstić information content (AvgIpc) is 2.10. The van der Waals surface area contributed by atoms with Crippen LogP contribution in [-0.4, -0.2) is 6.43 Å². The van der Waals surface area contributed by atoms with E-state index in [4.69, 9.17) is 17.3 Å². The number of rotatable bonds is 2. The van der Waals surface area contributed by atoms with E-state index < -0.39 is 34.2 Å². The predicted molar refractivity (Wildman–Crippen MR) is 48.9 cm³/mol. The monoisotopic (exact) mass is 241 g/mol. The minimum atomic E-state index is -3.01. The van der Waals surface area contributed by atoms with E-state index in [9.17, 15) is 17.6 Å². The van der Waals surface area contributed by atoms with Crippen LogP contribution >= 0.6 is 11.6 Å². The third kappa shape index (κ3) is 2.23. The lowest BCUT2D eigenvalue weighted by atomic mass is 9.93. The maximum atomic E-state index is 13.2. The van der Waals surface area contributed by atoms with Crippen LogP contribution in [0.5, 0.6) is 0 Å². The van der Waals surface area contributed by atoms with E-state index in [0.29, 0.717) is 12.1 Å². The van der Waals surface area contributed by atoms with Crippen LogP contribution in [0, 0.1) is 11.6 Å². The molecule has 1 atom stereocenters. The van der Waals surface area contributed by atoms with Crippen LogP contribution in [0.3, 0.4) is 0 Å². The van der Waals surface area contributed by atoms with Crippen molar-refractivity contribution in [3.63, 3.8) is 0 Å². The van der Waals surface area contributed by atoms with Gasteiger partial charge in [-0.15, -0.1) is 0 Å². The van der Waals surface area contributed by atoms with Crippen LogP contribution in [0.1, 0.15) is 12.5 Å². The van der Waals surface area contributed by atoms with Crippen molar-refractivity contribution in [1.82, 2.24) is 0 Å². The summed E-state index contributed by atoms with van der Waals surface area (Å²) in [6, 6.07) is 1.21. The van der Waals surface area contributed by atoms with Crippen molar-refractivity contribution in [2.45, 2.75) is 18.9 Å². The Balaban J connectivity index is 3.32. The molecule has 0 amide bonds. The molecule has 0 saturated heterocycles. The number of hydrogen-bond donors (Lipinski definition) is 1. The summed E-state index contributed by atoms with van der Waals surface area (Å²) >= 11 is 5.27. The fourth-order valence-electron chi connectivity index (χ4n) is 1.05. The molecule has 2 N–H and O–H groups in total. The van der Waals surface area contributed by atoms with Crippen LogP contribution in [0.25, 0.3) is 0 Å². The molecule has 1 rings (SSSR count). The Bertz CT molecular complexity index is 379. The first-order chi connectivity index (χ1) is 6.76. The lowest BCUT2D eigenvalue weighted by Gasteiger charge is -2.24. The summed E-state index contributed by atoms with van der Waals surface area (Å²) in [5.74, 6) is -2.03. The lowest BCUT2D eigenvalue weighted by molar-refractivity contribution is 0.0603. The van der Waals surface area contributed by atoms with E-state index >= 15 is 0 Å². The first kappa shape index (κ1) is 12.3. The standard InChI is InChI=1S/C9H8ClF4N/c1-9(15,8(13)14)4-2-7(12)5(10)3-6(4)11/h2-3,8H,15H2,1H3. The minimum Gasteiger partial charge on any atom is -0.317 e. The summed E-state index contributed by atoms with van der Waals surface area (Å²) in [7, 11) is 0. The van der Waals surface area contributed by atoms with Gasteiger partial charge >= 0.3 is 0 Å². The highest BCUT2D eigenvalue weighted by Crippen LogP contribution is 2.30. The fraction of sp³-hybridized carbons (Fsp3) is 0.333. The van der Waals surface area contributed by atoms with Crippen molar-refractivity contribution in [2.24, 2.45) is 5.73 Å². The van der Waals surface area contributed by atoms with Gasteiger partial charge in [0.15, 0.2) is 0 Å². The molecular weight excluding hydrogens is 234 g/mol. The summed E-state index contributed by atoms with van der Waals surface area (Å²) in [6.07, 6.45) is -3.01. The second-order valence-electron chi connectivity index (χ2n) is 3.33. The Morgan fingerprint density at radius 3 is 2.27 bits per heavy atom. The van der Waals surface area contributed by atoms with Gasteiger partial charge in [-0.2, -0.15) is 0 Å². The molecule has 0 spiro atoms. The van der Waals surface area contributed by atoms with Gasteiger partial charge < -0.3 is 5.73 Å². The molecule has 1 unspecified atom stereocenters. The van der Waals surface area contributed by atoms with Crippen LogP contribution in [-0.2, 0) is 5.54 Å². The van der Waals surface area contributed by atoms with Gasteiger partial charge in [-0.25, -0.2) is 17.6 Å². The third-order valence-electron chi connectivity index (χ3n) is 2.04. The van der Waals surface area contributed by atoms with E-state index in [2.05, 4.69) is 0 Å². The first-order valence-electron chi connectivity index (χ1n) is 3.99. The smallest absolute Gasteiger partial charge is 0.260 e. The second kappa shape index (κ2) is 3.98. The SMILES string of the molecule is CC(N)(c1cc(F)c(Cl)cc1F)C(F)F. The zero-order chi connectivity index (χ0) is 11.8. The topological polar surface area (TPSA) is 26.0 Å². The number of halogens is 5. The highest BCUT2D eigenvalue weighted by Gasteiger charge is 2.35. The molecule has 0 saturated carbocycles. The van der Waals surface area contributed by atoms with E-state index in [0.717, 1.165) is 6.92 Å². The van der Waals surface area contributed by atoms with Crippen molar-refractivity contribution in [1.29, 1.82) is 0 Å². The van der Waals surface area contributed by atoms with Gasteiger partial charge in [0.2, 0.25) is 0 Å². The van der Waals surface area contributed by atoms with Gasteiger partial charge in [-0.05, 0) is 19.1 Å². The molecule has 15 heavy (non-hydrogen) atoms. The third-order valence-corrected chi connectivity index (χ3v) is 2.33. The Labute approximate surface area is 88.8 Å². The molecule has 84 valence electrons. The van der Waals surface area contributed by atoms with Crippen molar-refractivity contribution in [2.75, 3.05) is 0 Å². The van der Waals surface area contributed by atoms with Gasteiger partial charge in [0.25, 0.3) is 6.43 Å². The van der Waals surface area contributed by atoms with E-state index in [1.54, 1.807) is 0 Å². The summed E-state index contributed by atoms with van der Waals surface area (Å²) < 4.78 is 51.1. The molecule has 0 heterocycles. The van der Waals surface area contributed by atoms with Crippen molar-refractivity contribution in [3.05, 3.63) is 34.4 Å². The normalized spacial score (nSPS) is 15.5. The zero-order valence-corrected chi connectivity index (χ0v) is 8.46. The molecular formula is C9H8ClF4N. The van der Waals surface area contributed by atoms with E-state index in [-0.39, 0.29) is 0 Å². The zero-order valence-electron chi connectivity index (χ0n) is 7.70. The summed E-state index contributed by atoms with van der Waals surface area (Å²) in [5.41, 5.74) is 2.36.